The van der Waals surface area contributed by atoms with Gasteiger partial charge in [-0.25, -0.2) is 8.42 Å². The van der Waals surface area contributed by atoms with Crippen LogP contribution in [0.4, 0.5) is 0 Å². The van der Waals surface area contributed by atoms with E-state index in [0.29, 0.717) is 11.5 Å². The molecule has 0 amide bonds. The number of hydrogen-bond acceptors (Lipinski definition) is 3. The van der Waals surface area contributed by atoms with E-state index in [-0.39, 0.29) is 6.04 Å². The first-order valence-corrected chi connectivity index (χ1v) is 7.92. The molecule has 0 aromatic rings. The molecule has 1 aliphatic carbocycles. The highest BCUT2D eigenvalue weighted by atomic mass is 32.2. The third-order valence-corrected chi connectivity index (χ3v) is 5.42. The van der Waals surface area contributed by atoms with Gasteiger partial charge in [0, 0.05) is 6.04 Å². The Kier molecular flexibility index (Phi) is 3.67. The lowest BCUT2D eigenvalue weighted by Crippen LogP contribution is -2.34. The van der Waals surface area contributed by atoms with E-state index in [2.05, 4.69) is 5.32 Å². The summed E-state index contributed by atoms with van der Waals surface area (Å²) >= 11 is 0. The summed E-state index contributed by atoms with van der Waals surface area (Å²) in [7, 11) is -2.71. The number of nitrogens with one attached hydrogen (secondary N) is 1. The number of rotatable bonds is 3. The standard InChI is InChI=1S/C11H21NO2S/c13-15(14)7-6-11(9-15)12-8-10-4-2-1-3-5-10/h10-12H,1-9H2. The van der Waals surface area contributed by atoms with Gasteiger partial charge in [0.15, 0.2) is 9.84 Å². The molecule has 15 heavy (non-hydrogen) atoms. The average Bonchev–Trinajstić information content (AvgIpc) is 2.57. The molecule has 0 spiro atoms. The Labute approximate surface area is 92.6 Å². The first-order chi connectivity index (χ1) is 7.16. The van der Waals surface area contributed by atoms with Crippen molar-refractivity contribution in [3.8, 4) is 0 Å². The smallest absolute Gasteiger partial charge is 0.151 e. The zero-order valence-electron chi connectivity index (χ0n) is 9.24. The summed E-state index contributed by atoms with van der Waals surface area (Å²) in [6.45, 7) is 1.03. The lowest BCUT2D eigenvalue weighted by Gasteiger charge is -2.23. The summed E-state index contributed by atoms with van der Waals surface area (Å²) in [5, 5.41) is 3.43. The van der Waals surface area contributed by atoms with Crippen LogP contribution in [0.1, 0.15) is 38.5 Å². The Balaban J connectivity index is 1.70. The van der Waals surface area contributed by atoms with Crippen molar-refractivity contribution in [2.24, 2.45) is 5.92 Å². The monoisotopic (exact) mass is 231 g/mol. The Morgan fingerprint density at radius 3 is 2.40 bits per heavy atom. The molecular weight excluding hydrogens is 210 g/mol. The second-order valence-electron chi connectivity index (χ2n) is 5.01. The molecule has 2 aliphatic rings. The maximum absolute atomic E-state index is 11.3. The first-order valence-electron chi connectivity index (χ1n) is 6.09. The van der Waals surface area contributed by atoms with Crippen molar-refractivity contribution >= 4 is 9.84 Å². The predicted octanol–water partition coefficient (Wildman–Crippen LogP) is 1.34. The van der Waals surface area contributed by atoms with E-state index in [1.165, 1.54) is 32.1 Å². The predicted molar refractivity (Wildman–Crippen MR) is 61.6 cm³/mol. The van der Waals surface area contributed by atoms with E-state index in [0.717, 1.165) is 18.9 Å². The molecular formula is C11H21NO2S. The van der Waals surface area contributed by atoms with Gasteiger partial charge in [-0.05, 0) is 31.7 Å². The molecule has 1 aliphatic heterocycles. The van der Waals surface area contributed by atoms with E-state index in [1.807, 2.05) is 0 Å². The van der Waals surface area contributed by atoms with Gasteiger partial charge < -0.3 is 5.32 Å². The van der Waals surface area contributed by atoms with E-state index < -0.39 is 9.84 Å². The van der Waals surface area contributed by atoms with Gasteiger partial charge in [0.05, 0.1) is 11.5 Å². The Hall–Kier alpha value is -0.0900. The van der Waals surface area contributed by atoms with E-state index in [9.17, 15) is 8.42 Å². The van der Waals surface area contributed by atoms with Crippen LogP contribution in [0.15, 0.2) is 0 Å². The fourth-order valence-electron chi connectivity index (χ4n) is 2.68. The number of hydrogen-bond donors (Lipinski definition) is 1. The molecule has 1 heterocycles. The lowest BCUT2D eigenvalue weighted by atomic mass is 9.89. The molecule has 1 saturated carbocycles. The van der Waals surface area contributed by atoms with Crippen LogP contribution in [-0.2, 0) is 9.84 Å². The van der Waals surface area contributed by atoms with Crippen LogP contribution in [0, 0.1) is 5.92 Å². The van der Waals surface area contributed by atoms with Crippen LogP contribution in [0.5, 0.6) is 0 Å². The van der Waals surface area contributed by atoms with Crippen molar-refractivity contribution in [2.75, 3.05) is 18.1 Å². The normalized spacial score (nSPS) is 31.9. The molecule has 2 rings (SSSR count). The molecule has 0 aromatic heterocycles. The largest absolute Gasteiger partial charge is 0.313 e. The highest BCUT2D eigenvalue weighted by Crippen LogP contribution is 2.23. The molecule has 88 valence electrons. The SMILES string of the molecule is O=S1(=O)CCC(NCC2CCCCC2)C1. The molecule has 4 heteroatoms. The van der Waals surface area contributed by atoms with Crippen molar-refractivity contribution in [3.05, 3.63) is 0 Å². The van der Waals surface area contributed by atoms with Crippen molar-refractivity contribution in [2.45, 2.75) is 44.6 Å². The second-order valence-corrected chi connectivity index (χ2v) is 7.24. The van der Waals surface area contributed by atoms with Gasteiger partial charge >= 0.3 is 0 Å². The highest BCUT2D eigenvalue weighted by Gasteiger charge is 2.27. The third-order valence-electron chi connectivity index (χ3n) is 3.65. The minimum absolute atomic E-state index is 0.233. The quantitative estimate of drug-likeness (QED) is 0.797. The van der Waals surface area contributed by atoms with E-state index in [1.54, 1.807) is 0 Å². The number of sulfone groups is 1. The van der Waals surface area contributed by atoms with Crippen molar-refractivity contribution in [1.82, 2.24) is 5.32 Å². The summed E-state index contributed by atoms with van der Waals surface area (Å²) in [5.41, 5.74) is 0. The van der Waals surface area contributed by atoms with Gasteiger partial charge in [-0.3, -0.25) is 0 Å². The highest BCUT2D eigenvalue weighted by molar-refractivity contribution is 7.91. The van der Waals surface area contributed by atoms with Gasteiger partial charge in [0.25, 0.3) is 0 Å². The van der Waals surface area contributed by atoms with Gasteiger partial charge in [0.2, 0.25) is 0 Å². The molecule has 3 nitrogen and oxygen atoms in total. The molecule has 1 atom stereocenters. The van der Waals surface area contributed by atoms with Crippen LogP contribution in [0.25, 0.3) is 0 Å². The zero-order valence-corrected chi connectivity index (χ0v) is 10.1. The van der Waals surface area contributed by atoms with Gasteiger partial charge in [-0.15, -0.1) is 0 Å². The Morgan fingerprint density at radius 1 is 1.07 bits per heavy atom. The van der Waals surface area contributed by atoms with Crippen LogP contribution in [-0.4, -0.2) is 32.5 Å². The first kappa shape index (κ1) is 11.4. The topological polar surface area (TPSA) is 46.2 Å². The molecule has 1 saturated heterocycles. The molecule has 0 bridgehead atoms. The van der Waals surface area contributed by atoms with Gasteiger partial charge in [-0.1, -0.05) is 19.3 Å². The fraction of sp³-hybridized carbons (Fsp3) is 1.00. The van der Waals surface area contributed by atoms with Crippen LogP contribution >= 0.6 is 0 Å². The second kappa shape index (κ2) is 4.83. The van der Waals surface area contributed by atoms with E-state index in [4.69, 9.17) is 0 Å². The maximum Gasteiger partial charge on any atom is 0.151 e. The van der Waals surface area contributed by atoms with Crippen molar-refractivity contribution in [3.63, 3.8) is 0 Å². The molecule has 0 aromatic carbocycles. The van der Waals surface area contributed by atoms with Gasteiger partial charge in [-0.2, -0.15) is 0 Å². The molecule has 1 unspecified atom stereocenters. The van der Waals surface area contributed by atoms with Crippen LogP contribution in [0.2, 0.25) is 0 Å². The summed E-state index contributed by atoms with van der Waals surface area (Å²) in [6, 6.07) is 0.233. The van der Waals surface area contributed by atoms with Crippen LogP contribution < -0.4 is 5.32 Å². The van der Waals surface area contributed by atoms with Crippen molar-refractivity contribution in [1.29, 1.82) is 0 Å². The summed E-state index contributed by atoms with van der Waals surface area (Å²) < 4.78 is 22.5. The zero-order chi connectivity index (χ0) is 10.7. The Morgan fingerprint density at radius 2 is 1.80 bits per heavy atom. The average molecular weight is 231 g/mol. The fourth-order valence-corrected chi connectivity index (χ4v) is 4.39. The summed E-state index contributed by atoms with van der Waals surface area (Å²) in [4.78, 5) is 0. The van der Waals surface area contributed by atoms with E-state index >= 15 is 0 Å². The third kappa shape index (κ3) is 3.45. The Bertz CT molecular complexity index is 294. The van der Waals surface area contributed by atoms with Gasteiger partial charge in [0.1, 0.15) is 0 Å². The molecule has 2 fully saturated rings. The maximum atomic E-state index is 11.3. The van der Waals surface area contributed by atoms with Crippen LogP contribution in [0.3, 0.4) is 0 Å². The summed E-state index contributed by atoms with van der Waals surface area (Å²) in [5.74, 6) is 1.54. The minimum atomic E-state index is -2.71. The lowest BCUT2D eigenvalue weighted by molar-refractivity contribution is 0.331. The molecule has 0 radical (unpaired) electrons. The summed E-state index contributed by atoms with van der Waals surface area (Å²) in [6.07, 6.45) is 7.56. The molecule has 1 N–H and O–H groups in total. The van der Waals surface area contributed by atoms with Crippen molar-refractivity contribution < 1.29 is 8.42 Å². The minimum Gasteiger partial charge on any atom is -0.313 e.